The molecule has 1 aliphatic heterocycles. The van der Waals surface area contributed by atoms with E-state index in [9.17, 15) is 4.79 Å². The lowest BCUT2D eigenvalue weighted by molar-refractivity contribution is -0.107. The second-order valence-electron chi connectivity index (χ2n) is 3.50. The van der Waals surface area contributed by atoms with Crippen molar-refractivity contribution in [3.63, 3.8) is 0 Å². The molecular formula is C13H13NOS3. The van der Waals surface area contributed by atoms with Crippen LogP contribution in [0.3, 0.4) is 0 Å². The molecule has 0 aromatic heterocycles. The van der Waals surface area contributed by atoms with Crippen LogP contribution in [0.25, 0.3) is 6.08 Å². The molecule has 0 N–H and O–H groups in total. The van der Waals surface area contributed by atoms with Crippen LogP contribution in [-0.4, -0.2) is 21.5 Å². The predicted octanol–water partition coefficient (Wildman–Crippen LogP) is 4.13. The highest BCUT2D eigenvalue weighted by molar-refractivity contribution is 8.45. The van der Waals surface area contributed by atoms with Gasteiger partial charge in [-0.3, -0.25) is 4.79 Å². The third-order valence-corrected chi connectivity index (χ3v) is 4.92. The van der Waals surface area contributed by atoms with Crippen LogP contribution in [-0.2, 0) is 4.79 Å². The quantitative estimate of drug-likeness (QED) is 0.619. The molecular weight excluding hydrogens is 282 g/mol. The van der Waals surface area contributed by atoms with E-state index >= 15 is 0 Å². The van der Waals surface area contributed by atoms with Crippen molar-refractivity contribution in [1.29, 1.82) is 0 Å². The molecule has 0 saturated heterocycles. The van der Waals surface area contributed by atoms with Gasteiger partial charge in [0.15, 0.2) is 0 Å². The summed E-state index contributed by atoms with van der Waals surface area (Å²) >= 11 is 4.54. The molecule has 0 atom stereocenters. The fourth-order valence-corrected chi connectivity index (χ4v) is 3.58. The lowest BCUT2D eigenvalue weighted by atomic mass is 10.2. The van der Waals surface area contributed by atoms with Crippen molar-refractivity contribution in [2.75, 3.05) is 12.0 Å². The molecule has 0 bridgehead atoms. The summed E-state index contributed by atoms with van der Waals surface area (Å²) in [5.74, 6) is 0.939. The maximum Gasteiger partial charge on any atom is 0.244 e. The van der Waals surface area contributed by atoms with Gasteiger partial charge in [-0.25, -0.2) is 4.99 Å². The smallest absolute Gasteiger partial charge is 0.244 e. The first-order valence-electron chi connectivity index (χ1n) is 5.52. The van der Waals surface area contributed by atoms with E-state index in [2.05, 4.69) is 24.0 Å². The minimum atomic E-state index is 0.0416. The molecule has 1 aromatic carbocycles. The van der Waals surface area contributed by atoms with Crippen LogP contribution in [0.2, 0.25) is 0 Å². The summed E-state index contributed by atoms with van der Waals surface area (Å²) < 4.78 is 0.856. The van der Waals surface area contributed by atoms with E-state index < -0.39 is 0 Å². The van der Waals surface area contributed by atoms with Crippen LogP contribution in [0, 0.1) is 0 Å². The van der Waals surface area contributed by atoms with Gasteiger partial charge in [-0.1, -0.05) is 30.8 Å². The molecule has 5 heteroatoms. The Bertz CT molecular complexity index is 505. The predicted molar refractivity (Wildman–Crippen MR) is 84.4 cm³/mol. The van der Waals surface area contributed by atoms with Crippen LogP contribution in [0.5, 0.6) is 0 Å². The highest BCUT2D eigenvalue weighted by atomic mass is 32.2. The fourth-order valence-electron chi connectivity index (χ4n) is 1.43. The lowest BCUT2D eigenvalue weighted by Gasteiger charge is -1.97. The Balaban J connectivity index is 2.19. The Morgan fingerprint density at radius 2 is 2.06 bits per heavy atom. The zero-order chi connectivity index (χ0) is 13.0. The maximum absolute atomic E-state index is 11.7. The topological polar surface area (TPSA) is 29.4 Å². The van der Waals surface area contributed by atoms with Gasteiger partial charge in [-0.2, -0.15) is 0 Å². The van der Waals surface area contributed by atoms with E-state index in [0.29, 0.717) is 5.70 Å². The molecule has 1 heterocycles. The summed E-state index contributed by atoms with van der Waals surface area (Å²) in [5, 5.41) is 0.0416. The van der Waals surface area contributed by atoms with Gasteiger partial charge in [0.05, 0.1) is 0 Å². The third-order valence-electron chi connectivity index (χ3n) is 2.29. The maximum atomic E-state index is 11.7. The van der Waals surface area contributed by atoms with Crippen molar-refractivity contribution in [2.24, 2.45) is 4.99 Å². The van der Waals surface area contributed by atoms with Gasteiger partial charge in [-0.15, -0.1) is 11.8 Å². The second-order valence-corrected chi connectivity index (χ2v) is 6.86. The third kappa shape index (κ3) is 3.43. The second kappa shape index (κ2) is 6.50. The zero-order valence-electron chi connectivity index (χ0n) is 10.2. The molecule has 2 nitrogen and oxygen atoms in total. The Labute approximate surface area is 120 Å². The van der Waals surface area contributed by atoms with Crippen LogP contribution >= 0.6 is 35.3 Å². The molecule has 0 unspecified atom stereocenters. The first-order chi connectivity index (χ1) is 8.72. The highest BCUT2D eigenvalue weighted by Crippen LogP contribution is 2.30. The molecule has 0 aliphatic carbocycles. The minimum absolute atomic E-state index is 0.0416. The van der Waals surface area contributed by atoms with Crippen molar-refractivity contribution in [3.8, 4) is 0 Å². The largest absolute Gasteiger partial charge is 0.279 e. The van der Waals surface area contributed by atoms with Crippen LogP contribution in [0.4, 0.5) is 0 Å². The van der Waals surface area contributed by atoms with Gasteiger partial charge in [0.25, 0.3) is 0 Å². The molecule has 0 saturated carbocycles. The first-order valence-corrected chi connectivity index (χ1v) is 8.55. The number of hydrogen-bond acceptors (Lipinski definition) is 5. The van der Waals surface area contributed by atoms with Crippen LogP contribution in [0.15, 0.2) is 39.9 Å². The summed E-state index contributed by atoms with van der Waals surface area (Å²) in [5.41, 5.74) is 1.57. The van der Waals surface area contributed by atoms with E-state index in [1.165, 1.54) is 16.7 Å². The number of carbonyl (C=O) groups excluding carboxylic acids is 1. The Kier molecular flexibility index (Phi) is 4.97. The Hall–Kier alpha value is -0.650. The molecule has 1 aromatic rings. The highest BCUT2D eigenvalue weighted by Gasteiger charge is 2.21. The first kappa shape index (κ1) is 13.8. The van der Waals surface area contributed by atoms with E-state index in [0.717, 1.165) is 15.7 Å². The van der Waals surface area contributed by atoms with Crippen molar-refractivity contribution in [1.82, 2.24) is 0 Å². The molecule has 0 radical (unpaired) electrons. The van der Waals surface area contributed by atoms with Crippen molar-refractivity contribution < 1.29 is 4.79 Å². The van der Waals surface area contributed by atoms with Gasteiger partial charge < -0.3 is 0 Å². The average Bonchev–Trinajstić information content (AvgIpc) is 2.71. The number of thioether (sulfide) groups is 3. The van der Waals surface area contributed by atoms with E-state index in [1.54, 1.807) is 23.5 Å². The summed E-state index contributed by atoms with van der Waals surface area (Å²) in [4.78, 5) is 17.3. The van der Waals surface area contributed by atoms with Gasteiger partial charge in [0, 0.05) is 4.90 Å². The number of rotatable bonds is 3. The summed E-state index contributed by atoms with van der Waals surface area (Å²) in [6, 6.07) is 8.12. The van der Waals surface area contributed by atoms with Crippen LogP contribution in [0.1, 0.15) is 12.5 Å². The molecule has 0 amide bonds. The van der Waals surface area contributed by atoms with Gasteiger partial charge in [0.2, 0.25) is 5.12 Å². The van der Waals surface area contributed by atoms with Crippen molar-refractivity contribution in [2.45, 2.75) is 11.8 Å². The minimum Gasteiger partial charge on any atom is -0.279 e. The molecule has 0 spiro atoms. The Morgan fingerprint density at radius 3 is 2.67 bits per heavy atom. The van der Waals surface area contributed by atoms with E-state index in [1.807, 2.05) is 24.5 Å². The Morgan fingerprint density at radius 1 is 1.33 bits per heavy atom. The fraction of sp³-hybridized carbons (Fsp3) is 0.231. The summed E-state index contributed by atoms with van der Waals surface area (Å²) in [7, 11) is 0. The lowest BCUT2D eigenvalue weighted by Crippen LogP contribution is -1.88. The SMILES string of the molecule is CCSC1=N/C(=C/c2ccc(SC)cc2)C(=O)S1. The van der Waals surface area contributed by atoms with Crippen molar-refractivity contribution in [3.05, 3.63) is 35.5 Å². The number of carbonyl (C=O) groups is 1. The standard InChI is InChI=1S/C13H13NOS3/c1-3-17-13-14-11(12(15)18-13)8-9-4-6-10(16-2)7-5-9/h4-8H,3H2,1-2H3/b11-8+. The molecule has 94 valence electrons. The monoisotopic (exact) mass is 295 g/mol. The van der Waals surface area contributed by atoms with E-state index in [4.69, 9.17) is 0 Å². The average molecular weight is 295 g/mol. The summed E-state index contributed by atoms with van der Waals surface area (Å²) in [6.45, 7) is 2.06. The van der Waals surface area contributed by atoms with Gasteiger partial charge in [-0.05, 0) is 47.5 Å². The van der Waals surface area contributed by atoms with Crippen molar-refractivity contribution >= 4 is 50.9 Å². The normalized spacial score (nSPS) is 17.3. The van der Waals surface area contributed by atoms with Crippen LogP contribution < -0.4 is 0 Å². The molecule has 1 aliphatic rings. The molecule has 2 rings (SSSR count). The zero-order valence-corrected chi connectivity index (χ0v) is 12.6. The number of nitrogens with zero attached hydrogens (tertiary/aromatic N) is 1. The molecule has 0 fully saturated rings. The van der Waals surface area contributed by atoms with Gasteiger partial charge in [0.1, 0.15) is 10.1 Å². The number of aliphatic imine (C=N–C) groups is 1. The molecule has 18 heavy (non-hydrogen) atoms. The number of benzene rings is 1. The van der Waals surface area contributed by atoms with Gasteiger partial charge >= 0.3 is 0 Å². The van der Waals surface area contributed by atoms with E-state index in [-0.39, 0.29) is 5.12 Å². The number of hydrogen-bond donors (Lipinski definition) is 0. The summed E-state index contributed by atoms with van der Waals surface area (Å²) in [6.07, 6.45) is 3.89.